The Morgan fingerprint density at radius 1 is 0.977 bits per heavy atom. The van der Waals surface area contributed by atoms with Crippen molar-refractivity contribution >= 4 is 33.9 Å². The van der Waals surface area contributed by atoms with Crippen molar-refractivity contribution in [3.8, 4) is 11.8 Å². The van der Waals surface area contributed by atoms with E-state index in [4.69, 9.17) is 11.6 Å². The summed E-state index contributed by atoms with van der Waals surface area (Å²) in [5.41, 5.74) is 5.48. The summed E-state index contributed by atoms with van der Waals surface area (Å²) in [5, 5.41) is 27.0. The van der Waals surface area contributed by atoms with Crippen molar-refractivity contribution in [1.29, 1.82) is 5.26 Å². The Hall–Kier alpha value is -5.33. The third-order valence-electron chi connectivity index (χ3n) is 7.21. The predicted octanol–water partition coefficient (Wildman–Crippen LogP) is 7.64. The van der Waals surface area contributed by atoms with Crippen LogP contribution in [0.25, 0.3) is 16.6 Å². The van der Waals surface area contributed by atoms with Crippen LogP contribution in [0.5, 0.6) is 0 Å². The van der Waals surface area contributed by atoms with E-state index in [1.807, 2.05) is 36.4 Å². The molecule has 2 atom stereocenters. The summed E-state index contributed by atoms with van der Waals surface area (Å²) in [5.74, 6) is -0.347. The summed E-state index contributed by atoms with van der Waals surface area (Å²) >= 11 is 6.69. The Bertz CT molecular complexity index is 1900. The van der Waals surface area contributed by atoms with Crippen LogP contribution in [0.3, 0.4) is 0 Å². The molecule has 3 aromatic heterocycles. The molecule has 0 aliphatic heterocycles. The molecule has 43 heavy (non-hydrogen) atoms. The normalized spacial score (nSPS) is 12.4. The Kier molecular flexibility index (Phi) is 7.94. The molecule has 3 aromatic carbocycles. The number of nitriles is 1. The highest BCUT2D eigenvalue weighted by molar-refractivity contribution is 6.32. The molecule has 0 fully saturated rings. The molecule has 0 saturated heterocycles. The molecule has 10 heteroatoms. The van der Waals surface area contributed by atoms with E-state index in [1.165, 1.54) is 12.1 Å². The number of halogens is 2. The van der Waals surface area contributed by atoms with E-state index in [1.54, 1.807) is 47.7 Å². The number of anilines is 2. The Labute approximate surface area is 252 Å². The zero-order valence-electron chi connectivity index (χ0n) is 23.1. The highest BCUT2D eigenvalue weighted by Gasteiger charge is 2.22. The lowest BCUT2D eigenvalue weighted by atomic mass is 10.0. The summed E-state index contributed by atoms with van der Waals surface area (Å²) in [6.07, 6.45) is 7.53. The third kappa shape index (κ3) is 5.87. The van der Waals surface area contributed by atoms with Gasteiger partial charge in [0.25, 0.3) is 0 Å². The van der Waals surface area contributed by atoms with Gasteiger partial charge in [-0.15, -0.1) is 5.10 Å². The van der Waals surface area contributed by atoms with Crippen LogP contribution in [0.15, 0.2) is 104 Å². The van der Waals surface area contributed by atoms with E-state index < -0.39 is 6.04 Å². The molecule has 6 aromatic rings. The van der Waals surface area contributed by atoms with Gasteiger partial charge in [0.15, 0.2) is 0 Å². The minimum atomic E-state index is -0.533. The second-order valence-electron chi connectivity index (χ2n) is 9.95. The number of pyridine rings is 2. The third-order valence-corrected chi connectivity index (χ3v) is 7.42. The minimum Gasteiger partial charge on any atom is -0.377 e. The van der Waals surface area contributed by atoms with Gasteiger partial charge in [0, 0.05) is 22.8 Å². The van der Waals surface area contributed by atoms with Crippen LogP contribution in [0.4, 0.5) is 15.8 Å². The molecule has 212 valence electrons. The zero-order valence-corrected chi connectivity index (χ0v) is 23.9. The summed E-state index contributed by atoms with van der Waals surface area (Å²) in [6.45, 7) is 2.09. The number of rotatable bonds is 9. The molecule has 8 nitrogen and oxygen atoms in total. The summed E-state index contributed by atoms with van der Waals surface area (Å²) in [6, 6.07) is 25.3. The molecule has 0 amide bonds. The van der Waals surface area contributed by atoms with Crippen molar-refractivity contribution in [2.75, 3.05) is 10.6 Å². The molecule has 0 saturated carbocycles. The Morgan fingerprint density at radius 2 is 1.79 bits per heavy atom. The van der Waals surface area contributed by atoms with Crippen molar-refractivity contribution in [2.24, 2.45) is 0 Å². The average Bonchev–Trinajstić information content (AvgIpc) is 3.54. The van der Waals surface area contributed by atoms with Gasteiger partial charge in [-0.25, -0.2) is 9.07 Å². The highest BCUT2D eigenvalue weighted by Crippen LogP contribution is 2.38. The minimum absolute atomic E-state index is 0.0382. The number of hydrogen-bond acceptors (Lipinski definition) is 7. The first-order valence-corrected chi connectivity index (χ1v) is 14.1. The van der Waals surface area contributed by atoms with E-state index in [-0.39, 0.29) is 11.9 Å². The van der Waals surface area contributed by atoms with Crippen LogP contribution >= 0.6 is 11.6 Å². The first-order chi connectivity index (χ1) is 21.0. The van der Waals surface area contributed by atoms with Gasteiger partial charge in [0.1, 0.15) is 17.6 Å². The van der Waals surface area contributed by atoms with Gasteiger partial charge in [-0.05, 0) is 53.9 Å². The maximum Gasteiger partial charge on any atom is 0.123 e. The van der Waals surface area contributed by atoms with Gasteiger partial charge in [-0.1, -0.05) is 66.2 Å². The molecule has 0 aliphatic rings. The fraction of sp³-hybridized carbons (Fsp3) is 0.121. The number of aromatic nitrogens is 5. The number of hydrogen-bond donors (Lipinski definition) is 2. The topological polar surface area (TPSA) is 104 Å². The van der Waals surface area contributed by atoms with Crippen molar-refractivity contribution < 1.29 is 4.39 Å². The van der Waals surface area contributed by atoms with Gasteiger partial charge >= 0.3 is 0 Å². The maximum absolute atomic E-state index is 13.9. The largest absolute Gasteiger partial charge is 0.377 e. The monoisotopic (exact) mass is 588 g/mol. The Balaban J connectivity index is 1.45. The van der Waals surface area contributed by atoms with Gasteiger partial charge in [0.2, 0.25) is 0 Å². The van der Waals surface area contributed by atoms with Crippen LogP contribution in [0, 0.1) is 17.1 Å². The SMILES string of the molecule is CC[C@@H](Nc1c(C#N)cnc2c(N[C@@H](c3ccc(F)cc3)c3cn(-c4cccnc4)nn3)cc(Cl)cc12)c1ccccc1. The lowest BCUT2D eigenvalue weighted by Crippen LogP contribution is -2.14. The van der Waals surface area contributed by atoms with E-state index in [0.29, 0.717) is 38.6 Å². The number of nitrogens with zero attached hydrogens (tertiary/aromatic N) is 6. The molecule has 2 N–H and O–H groups in total. The van der Waals surface area contributed by atoms with E-state index in [2.05, 4.69) is 56.0 Å². The van der Waals surface area contributed by atoms with Crippen molar-refractivity contribution in [2.45, 2.75) is 25.4 Å². The first kappa shape index (κ1) is 27.8. The van der Waals surface area contributed by atoms with Gasteiger partial charge in [-0.2, -0.15) is 5.26 Å². The lowest BCUT2D eigenvalue weighted by molar-refractivity contribution is 0.626. The summed E-state index contributed by atoms with van der Waals surface area (Å²) < 4.78 is 15.5. The van der Waals surface area contributed by atoms with Crippen LogP contribution < -0.4 is 10.6 Å². The number of nitrogens with one attached hydrogen (secondary N) is 2. The average molecular weight is 589 g/mol. The Morgan fingerprint density at radius 3 is 2.51 bits per heavy atom. The predicted molar refractivity (Wildman–Crippen MR) is 166 cm³/mol. The standard InChI is InChI=1S/C33H26ClFN8/c1-2-28(21-7-4-3-5-8-21)39-31-23(17-36)18-38-33-27(31)15-24(34)16-29(33)40-32(22-10-12-25(35)13-11-22)30-20-43(42-41-30)26-9-6-14-37-19-26/h3-16,18-20,28,32,40H,2H2,1H3,(H,38,39)/t28-,32+/m1/s1. The van der Waals surface area contributed by atoms with E-state index >= 15 is 0 Å². The smallest absolute Gasteiger partial charge is 0.123 e. The van der Waals surface area contributed by atoms with Crippen molar-refractivity contribution in [3.63, 3.8) is 0 Å². The zero-order chi connectivity index (χ0) is 29.8. The molecule has 3 heterocycles. The van der Waals surface area contributed by atoms with Gasteiger partial charge < -0.3 is 10.6 Å². The molecule has 0 radical (unpaired) electrons. The molecule has 0 unspecified atom stereocenters. The molecular weight excluding hydrogens is 563 g/mol. The number of benzene rings is 3. The van der Waals surface area contributed by atoms with Crippen LogP contribution in [-0.4, -0.2) is 25.0 Å². The van der Waals surface area contributed by atoms with Crippen LogP contribution in [0.1, 0.15) is 47.8 Å². The first-order valence-electron chi connectivity index (χ1n) is 13.7. The van der Waals surface area contributed by atoms with E-state index in [9.17, 15) is 9.65 Å². The highest BCUT2D eigenvalue weighted by atomic mass is 35.5. The van der Waals surface area contributed by atoms with Gasteiger partial charge in [0.05, 0.1) is 52.6 Å². The molecule has 0 spiro atoms. The van der Waals surface area contributed by atoms with Crippen LogP contribution in [-0.2, 0) is 0 Å². The van der Waals surface area contributed by atoms with Gasteiger partial charge in [-0.3, -0.25) is 9.97 Å². The fourth-order valence-corrected chi connectivity index (χ4v) is 5.28. The maximum atomic E-state index is 13.9. The molecular formula is C33H26ClFN8. The second kappa shape index (κ2) is 12.3. The quantitative estimate of drug-likeness (QED) is 0.179. The summed E-state index contributed by atoms with van der Waals surface area (Å²) in [4.78, 5) is 8.84. The molecule has 6 rings (SSSR count). The lowest BCUT2D eigenvalue weighted by Gasteiger charge is -2.23. The molecule has 0 aliphatic carbocycles. The van der Waals surface area contributed by atoms with Crippen molar-refractivity contribution in [3.05, 3.63) is 137 Å². The molecule has 0 bridgehead atoms. The fourth-order valence-electron chi connectivity index (χ4n) is 5.06. The number of fused-ring (bicyclic) bond motifs is 1. The van der Waals surface area contributed by atoms with Crippen molar-refractivity contribution in [1.82, 2.24) is 25.0 Å². The summed E-state index contributed by atoms with van der Waals surface area (Å²) in [7, 11) is 0. The van der Waals surface area contributed by atoms with Crippen LogP contribution in [0.2, 0.25) is 5.02 Å². The second-order valence-corrected chi connectivity index (χ2v) is 10.4. The van der Waals surface area contributed by atoms with E-state index in [0.717, 1.165) is 23.2 Å².